The van der Waals surface area contributed by atoms with Crippen molar-refractivity contribution in [2.45, 2.75) is 64.5 Å². The van der Waals surface area contributed by atoms with Gasteiger partial charge in [0.25, 0.3) is 0 Å². The Bertz CT molecular complexity index is 438. The highest BCUT2D eigenvalue weighted by Gasteiger charge is 2.46. The van der Waals surface area contributed by atoms with Gasteiger partial charge in [0.15, 0.2) is 5.78 Å². The lowest BCUT2D eigenvalue weighted by molar-refractivity contribution is -0.130. The molecule has 2 fully saturated rings. The van der Waals surface area contributed by atoms with Crippen molar-refractivity contribution in [3.05, 3.63) is 11.1 Å². The largest absolute Gasteiger partial charge is 0.332 e. The van der Waals surface area contributed by atoms with Gasteiger partial charge < -0.3 is 4.90 Å². The van der Waals surface area contributed by atoms with Crippen molar-refractivity contribution in [2.24, 2.45) is 5.92 Å². The van der Waals surface area contributed by atoms with Crippen molar-refractivity contribution in [3.8, 4) is 0 Å². The highest BCUT2D eigenvalue weighted by atomic mass is 16.2. The number of nitrogens with zero attached hydrogens (tertiary/aromatic N) is 1. The highest BCUT2D eigenvalue weighted by molar-refractivity contribution is 6.07. The Labute approximate surface area is 108 Å². The zero-order valence-corrected chi connectivity index (χ0v) is 11.2. The maximum Gasteiger partial charge on any atom is 0.250 e. The van der Waals surface area contributed by atoms with E-state index in [1.165, 1.54) is 19.3 Å². The van der Waals surface area contributed by atoms with Crippen molar-refractivity contribution in [3.63, 3.8) is 0 Å². The molecule has 1 amide bonds. The summed E-state index contributed by atoms with van der Waals surface area (Å²) in [4.78, 5) is 26.7. The summed E-state index contributed by atoms with van der Waals surface area (Å²) in [5.41, 5.74) is 1.36. The first kappa shape index (κ1) is 11.9. The minimum Gasteiger partial charge on any atom is -0.332 e. The monoisotopic (exact) mass is 247 g/mol. The number of carbonyl (C=O) groups is 2. The molecule has 0 aromatic carbocycles. The van der Waals surface area contributed by atoms with E-state index >= 15 is 0 Å². The lowest BCUT2D eigenvalue weighted by Crippen LogP contribution is -2.43. The van der Waals surface area contributed by atoms with Gasteiger partial charge in [0.1, 0.15) is 0 Å². The molecule has 2 aliphatic heterocycles. The Hall–Kier alpha value is -1.12. The van der Waals surface area contributed by atoms with Crippen molar-refractivity contribution in [2.75, 3.05) is 0 Å². The smallest absolute Gasteiger partial charge is 0.250 e. The molecule has 3 heteroatoms. The van der Waals surface area contributed by atoms with Crippen molar-refractivity contribution < 1.29 is 9.59 Å². The van der Waals surface area contributed by atoms with Gasteiger partial charge in [-0.25, -0.2) is 0 Å². The first-order valence-electron chi connectivity index (χ1n) is 7.13. The molecule has 1 aliphatic carbocycles. The van der Waals surface area contributed by atoms with Crippen LogP contribution in [-0.4, -0.2) is 28.7 Å². The van der Waals surface area contributed by atoms with Gasteiger partial charge in [-0.2, -0.15) is 0 Å². The number of allylic oxidation sites excluding steroid dienone is 1. The summed E-state index contributed by atoms with van der Waals surface area (Å²) in [6.45, 7) is 3.62. The van der Waals surface area contributed by atoms with Gasteiger partial charge in [-0.05, 0) is 39.0 Å². The third-order valence-corrected chi connectivity index (χ3v) is 5.15. The van der Waals surface area contributed by atoms with Crippen molar-refractivity contribution >= 4 is 11.7 Å². The second kappa shape index (κ2) is 4.22. The number of rotatable bonds is 0. The molecule has 98 valence electrons. The topological polar surface area (TPSA) is 37.4 Å². The number of hydrogen-bond acceptors (Lipinski definition) is 2. The van der Waals surface area contributed by atoms with Crippen LogP contribution in [0.1, 0.15) is 52.4 Å². The molecular formula is C15H21NO2. The minimum atomic E-state index is 0.123. The van der Waals surface area contributed by atoms with Crippen molar-refractivity contribution in [1.29, 1.82) is 0 Å². The quantitative estimate of drug-likeness (QED) is 0.659. The number of Topliss-reactive ketones (excluding diaryl/α,β-unsaturated/α-hetero) is 1. The SMILES string of the molecule is CC1=C(C)C(=O)N2C(CC1=O)C[C@H]1CCCC[C@H]12. The predicted molar refractivity (Wildman–Crippen MR) is 69.0 cm³/mol. The van der Waals surface area contributed by atoms with Gasteiger partial charge >= 0.3 is 0 Å². The van der Waals surface area contributed by atoms with E-state index in [4.69, 9.17) is 0 Å². The number of carbonyl (C=O) groups excluding carboxylic acids is 2. The Morgan fingerprint density at radius 1 is 1.06 bits per heavy atom. The highest BCUT2D eigenvalue weighted by Crippen LogP contribution is 2.42. The minimum absolute atomic E-state index is 0.123. The van der Waals surface area contributed by atoms with Gasteiger partial charge in [0.2, 0.25) is 5.91 Å². The molecule has 3 nitrogen and oxygen atoms in total. The van der Waals surface area contributed by atoms with E-state index in [0.717, 1.165) is 12.8 Å². The maximum absolute atomic E-state index is 12.6. The van der Waals surface area contributed by atoms with Gasteiger partial charge in [-0.1, -0.05) is 12.8 Å². The molecule has 1 unspecified atom stereocenters. The molecule has 3 atom stereocenters. The van der Waals surface area contributed by atoms with Crippen LogP contribution in [0.25, 0.3) is 0 Å². The first-order chi connectivity index (χ1) is 8.59. The van der Waals surface area contributed by atoms with Crippen LogP contribution in [-0.2, 0) is 9.59 Å². The fourth-order valence-electron chi connectivity index (χ4n) is 3.99. The zero-order valence-electron chi connectivity index (χ0n) is 11.2. The molecule has 0 bridgehead atoms. The van der Waals surface area contributed by atoms with Gasteiger partial charge in [-0.15, -0.1) is 0 Å². The normalized spacial score (nSPS) is 36.6. The van der Waals surface area contributed by atoms with E-state index in [9.17, 15) is 9.59 Å². The van der Waals surface area contributed by atoms with Crippen LogP contribution >= 0.6 is 0 Å². The summed E-state index contributed by atoms with van der Waals surface area (Å²) in [5.74, 6) is 0.941. The molecule has 0 aromatic heterocycles. The van der Waals surface area contributed by atoms with Crippen LogP contribution in [0.4, 0.5) is 0 Å². The Kier molecular flexibility index (Phi) is 2.80. The number of ketones is 1. The molecule has 0 aromatic rings. The second-order valence-corrected chi connectivity index (χ2v) is 6.09. The lowest BCUT2D eigenvalue weighted by atomic mass is 9.84. The summed E-state index contributed by atoms with van der Waals surface area (Å²) >= 11 is 0. The van der Waals surface area contributed by atoms with E-state index < -0.39 is 0 Å². The summed E-state index contributed by atoms with van der Waals surface area (Å²) < 4.78 is 0. The molecule has 3 rings (SSSR count). The van der Waals surface area contributed by atoms with Crippen molar-refractivity contribution in [1.82, 2.24) is 4.90 Å². The van der Waals surface area contributed by atoms with E-state index in [-0.39, 0.29) is 17.7 Å². The van der Waals surface area contributed by atoms with Gasteiger partial charge in [0.05, 0.1) is 0 Å². The van der Waals surface area contributed by atoms with Crippen LogP contribution in [0.5, 0.6) is 0 Å². The summed E-state index contributed by atoms with van der Waals surface area (Å²) in [5, 5.41) is 0. The predicted octanol–water partition coefficient (Wildman–Crippen LogP) is 2.46. The first-order valence-corrected chi connectivity index (χ1v) is 7.13. The molecule has 0 spiro atoms. The van der Waals surface area contributed by atoms with Crippen LogP contribution in [0, 0.1) is 5.92 Å². The third-order valence-electron chi connectivity index (χ3n) is 5.15. The average Bonchev–Trinajstić information content (AvgIpc) is 2.70. The average molecular weight is 247 g/mol. The summed E-state index contributed by atoms with van der Waals surface area (Å²) in [6.07, 6.45) is 6.48. The summed E-state index contributed by atoms with van der Waals surface area (Å²) in [6, 6.07) is 0.579. The molecule has 1 saturated carbocycles. The summed E-state index contributed by atoms with van der Waals surface area (Å²) in [7, 11) is 0. The number of hydrogen-bond donors (Lipinski definition) is 0. The second-order valence-electron chi connectivity index (χ2n) is 6.09. The molecule has 0 radical (unpaired) electrons. The van der Waals surface area contributed by atoms with E-state index in [0.29, 0.717) is 29.5 Å². The Balaban J connectivity index is 1.97. The zero-order chi connectivity index (χ0) is 12.9. The molecule has 1 saturated heterocycles. The fourth-order valence-corrected chi connectivity index (χ4v) is 3.99. The van der Waals surface area contributed by atoms with Crippen LogP contribution in [0.15, 0.2) is 11.1 Å². The van der Waals surface area contributed by atoms with E-state index in [1.807, 2.05) is 6.92 Å². The maximum atomic E-state index is 12.6. The van der Waals surface area contributed by atoms with Crippen LogP contribution < -0.4 is 0 Å². The fraction of sp³-hybridized carbons (Fsp3) is 0.733. The Morgan fingerprint density at radius 2 is 1.78 bits per heavy atom. The number of fused-ring (bicyclic) bond motifs is 3. The number of amides is 1. The molecule has 3 aliphatic rings. The van der Waals surface area contributed by atoms with Crippen LogP contribution in [0.2, 0.25) is 0 Å². The van der Waals surface area contributed by atoms with Gasteiger partial charge in [-0.3, -0.25) is 9.59 Å². The van der Waals surface area contributed by atoms with E-state index in [2.05, 4.69) is 4.90 Å². The molecule has 18 heavy (non-hydrogen) atoms. The lowest BCUT2D eigenvalue weighted by Gasteiger charge is -2.33. The van der Waals surface area contributed by atoms with E-state index in [1.54, 1.807) is 6.92 Å². The molecular weight excluding hydrogens is 226 g/mol. The van der Waals surface area contributed by atoms with Crippen LogP contribution in [0.3, 0.4) is 0 Å². The standard InChI is InChI=1S/C15H21NO2/c1-9-10(2)15(18)16-12(8-14(9)17)7-11-5-3-4-6-13(11)16/h11-13H,3-8H2,1-2H3/t11-,12?,13-/m1/s1. The third kappa shape index (κ3) is 1.63. The molecule has 0 N–H and O–H groups in total. The molecule has 2 heterocycles. The van der Waals surface area contributed by atoms with Gasteiger partial charge in [0, 0.05) is 29.7 Å². The Morgan fingerprint density at radius 3 is 2.56 bits per heavy atom.